The van der Waals surface area contributed by atoms with Gasteiger partial charge in [-0.1, -0.05) is 0 Å². The van der Waals surface area contributed by atoms with E-state index in [0.29, 0.717) is 15.8 Å². The summed E-state index contributed by atoms with van der Waals surface area (Å²) in [6.45, 7) is 1.55. The van der Waals surface area contributed by atoms with Gasteiger partial charge in [-0.05, 0) is 25.3 Å². The number of carboxylic acids is 1. The van der Waals surface area contributed by atoms with Gasteiger partial charge in [0.2, 0.25) is 0 Å². The molecule has 2 aromatic heterocycles. The maximum absolute atomic E-state index is 13.0. The van der Waals surface area contributed by atoms with Crippen LogP contribution < -0.4 is 5.32 Å². The number of rotatable bonds is 3. The van der Waals surface area contributed by atoms with E-state index < -0.39 is 17.7 Å². The Labute approximate surface area is 120 Å². The molecule has 112 valence electrons. The van der Waals surface area contributed by atoms with Crippen LogP contribution in [0.1, 0.15) is 28.1 Å². The van der Waals surface area contributed by atoms with Gasteiger partial charge in [-0.15, -0.1) is 11.3 Å². The monoisotopic (exact) mass is 317 g/mol. The number of alkyl halides is 3. The number of aryl methyl sites for hydroxylation is 1. The predicted molar refractivity (Wildman–Crippen MR) is 70.8 cm³/mol. The highest BCUT2D eigenvalue weighted by Gasteiger charge is 2.63. The molecule has 1 aliphatic carbocycles. The fourth-order valence-electron chi connectivity index (χ4n) is 2.20. The van der Waals surface area contributed by atoms with Gasteiger partial charge >= 0.3 is 12.1 Å². The van der Waals surface area contributed by atoms with Crippen molar-refractivity contribution in [3.05, 3.63) is 16.8 Å². The lowest BCUT2D eigenvalue weighted by molar-refractivity contribution is -0.151. The van der Waals surface area contributed by atoms with Gasteiger partial charge in [-0.2, -0.15) is 13.2 Å². The molecule has 1 aliphatic rings. The third-order valence-electron chi connectivity index (χ3n) is 3.57. The molecular formula is C12H10F3N3O2S. The van der Waals surface area contributed by atoms with E-state index in [2.05, 4.69) is 15.3 Å². The zero-order valence-corrected chi connectivity index (χ0v) is 11.6. The number of fused-ring (bicyclic) bond motifs is 1. The summed E-state index contributed by atoms with van der Waals surface area (Å²) in [5, 5.41) is 11.9. The van der Waals surface area contributed by atoms with Crippen molar-refractivity contribution >= 4 is 33.3 Å². The predicted octanol–water partition coefficient (Wildman–Crippen LogP) is 3.20. The van der Waals surface area contributed by atoms with Crippen LogP contribution in [-0.4, -0.2) is 32.8 Å². The average molecular weight is 317 g/mol. The van der Waals surface area contributed by atoms with E-state index in [-0.39, 0.29) is 23.5 Å². The molecule has 21 heavy (non-hydrogen) atoms. The second kappa shape index (κ2) is 4.30. The summed E-state index contributed by atoms with van der Waals surface area (Å²) in [5.41, 5.74) is -1.57. The second-order valence-electron chi connectivity index (χ2n) is 4.97. The number of hydrogen-bond donors (Lipinski definition) is 2. The molecule has 3 rings (SSSR count). The van der Waals surface area contributed by atoms with Crippen LogP contribution in [0.5, 0.6) is 0 Å². The minimum absolute atomic E-state index is 0.0169. The smallest absolute Gasteiger partial charge is 0.411 e. The number of anilines is 1. The molecule has 0 amide bonds. The number of carbonyl (C=O) groups is 1. The maximum Gasteiger partial charge on any atom is 0.411 e. The number of halogens is 3. The average Bonchev–Trinajstić information content (AvgIpc) is 3.08. The number of hydrogen-bond acceptors (Lipinski definition) is 5. The lowest BCUT2D eigenvalue weighted by atomic mass is 10.2. The van der Waals surface area contributed by atoms with Crippen molar-refractivity contribution in [1.82, 2.24) is 9.97 Å². The highest BCUT2D eigenvalue weighted by molar-refractivity contribution is 7.20. The second-order valence-corrected chi connectivity index (χ2v) is 5.97. The Kier molecular flexibility index (Phi) is 2.88. The molecular weight excluding hydrogens is 307 g/mol. The number of aromatic nitrogens is 2. The van der Waals surface area contributed by atoms with Gasteiger partial charge in [-0.25, -0.2) is 14.8 Å². The van der Waals surface area contributed by atoms with Crippen molar-refractivity contribution in [1.29, 1.82) is 0 Å². The zero-order chi connectivity index (χ0) is 15.4. The molecule has 0 unspecified atom stereocenters. The van der Waals surface area contributed by atoms with E-state index in [1.165, 1.54) is 0 Å². The van der Waals surface area contributed by atoms with Crippen LogP contribution >= 0.6 is 11.3 Å². The van der Waals surface area contributed by atoms with Gasteiger partial charge in [-0.3, -0.25) is 0 Å². The van der Waals surface area contributed by atoms with E-state index in [0.717, 1.165) is 17.7 Å². The zero-order valence-electron chi connectivity index (χ0n) is 10.8. The largest absolute Gasteiger partial charge is 0.477 e. The van der Waals surface area contributed by atoms with E-state index >= 15 is 0 Å². The molecule has 0 radical (unpaired) electrons. The van der Waals surface area contributed by atoms with Crippen molar-refractivity contribution in [3.63, 3.8) is 0 Å². The fourth-order valence-corrected chi connectivity index (χ4v) is 3.19. The Balaban J connectivity index is 2.10. The number of aromatic carboxylic acids is 1. The molecule has 0 spiro atoms. The van der Waals surface area contributed by atoms with Gasteiger partial charge in [0.25, 0.3) is 0 Å². The van der Waals surface area contributed by atoms with E-state index in [1.54, 1.807) is 6.92 Å². The molecule has 0 atom stereocenters. The first-order valence-electron chi connectivity index (χ1n) is 6.07. The standard InChI is InChI=1S/C12H10F3N3O2S/c1-5-6-8(18-11(2-3-11)12(13,14)15)16-4-17-9(6)21-7(5)10(19)20/h4H,2-3H2,1H3,(H,19,20)(H,16,17,18). The van der Waals surface area contributed by atoms with Crippen LogP contribution in [-0.2, 0) is 0 Å². The van der Waals surface area contributed by atoms with Gasteiger partial charge < -0.3 is 10.4 Å². The third kappa shape index (κ3) is 2.11. The summed E-state index contributed by atoms with van der Waals surface area (Å²) in [5.74, 6) is -1.09. The quantitative estimate of drug-likeness (QED) is 0.909. The van der Waals surface area contributed by atoms with Crippen LogP contribution in [0.2, 0.25) is 0 Å². The van der Waals surface area contributed by atoms with Crippen molar-refractivity contribution < 1.29 is 23.1 Å². The SMILES string of the molecule is Cc1c(C(=O)O)sc2ncnc(NC3(C(F)(F)F)CC3)c12. The van der Waals surface area contributed by atoms with Crippen LogP contribution in [0.4, 0.5) is 19.0 Å². The highest BCUT2D eigenvalue weighted by atomic mass is 32.1. The van der Waals surface area contributed by atoms with E-state index in [1.807, 2.05) is 0 Å². The Morgan fingerprint density at radius 3 is 2.62 bits per heavy atom. The first-order valence-corrected chi connectivity index (χ1v) is 6.89. The molecule has 0 aromatic carbocycles. The van der Waals surface area contributed by atoms with Crippen molar-refractivity contribution in [2.75, 3.05) is 5.32 Å². The number of thiophene rings is 1. The number of nitrogens with zero attached hydrogens (tertiary/aromatic N) is 2. The van der Waals surface area contributed by atoms with Crippen LogP contribution in [0.3, 0.4) is 0 Å². The minimum Gasteiger partial charge on any atom is -0.477 e. The van der Waals surface area contributed by atoms with Gasteiger partial charge in [0.1, 0.15) is 27.4 Å². The number of nitrogens with one attached hydrogen (secondary N) is 1. The van der Waals surface area contributed by atoms with Crippen molar-refractivity contribution in [3.8, 4) is 0 Å². The minimum atomic E-state index is -4.37. The first kappa shape index (κ1) is 14.1. The molecule has 2 N–H and O–H groups in total. The maximum atomic E-state index is 13.0. The third-order valence-corrected chi connectivity index (χ3v) is 4.76. The summed E-state index contributed by atoms with van der Waals surface area (Å²) in [6.07, 6.45) is -3.27. The Morgan fingerprint density at radius 1 is 1.43 bits per heavy atom. The molecule has 2 aromatic rings. The van der Waals surface area contributed by atoms with E-state index in [9.17, 15) is 18.0 Å². The molecule has 2 heterocycles. The Hall–Kier alpha value is -1.90. The van der Waals surface area contributed by atoms with Gasteiger partial charge in [0.05, 0.1) is 5.39 Å². The van der Waals surface area contributed by atoms with Gasteiger partial charge in [0, 0.05) is 0 Å². The molecule has 9 heteroatoms. The summed E-state index contributed by atoms with van der Waals surface area (Å²) < 4.78 is 39.1. The van der Waals surface area contributed by atoms with Crippen LogP contribution in [0.25, 0.3) is 10.2 Å². The fraction of sp³-hybridized carbons (Fsp3) is 0.417. The molecule has 0 bridgehead atoms. The summed E-state index contributed by atoms with van der Waals surface area (Å²) in [7, 11) is 0. The highest BCUT2D eigenvalue weighted by Crippen LogP contribution is 2.51. The lowest BCUT2D eigenvalue weighted by Crippen LogP contribution is -2.39. The molecule has 1 saturated carbocycles. The molecule has 5 nitrogen and oxygen atoms in total. The molecule has 0 aliphatic heterocycles. The van der Waals surface area contributed by atoms with Crippen molar-refractivity contribution in [2.24, 2.45) is 0 Å². The summed E-state index contributed by atoms with van der Waals surface area (Å²) in [6, 6.07) is 0. The summed E-state index contributed by atoms with van der Waals surface area (Å²) >= 11 is 0.928. The van der Waals surface area contributed by atoms with Crippen LogP contribution in [0, 0.1) is 6.92 Å². The van der Waals surface area contributed by atoms with E-state index in [4.69, 9.17) is 5.11 Å². The Bertz CT molecular complexity index is 737. The van der Waals surface area contributed by atoms with Gasteiger partial charge in [0.15, 0.2) is 0 Å². The Morgan fingerprint density at radius 2 is 2.10 bits per heavy atom. The van der Waals surface area contributed by atoms with Crippen molar-refractivity contribution in [2.45, 2.75) is 31.5 Å². The topological polar surface area (TPSA) is 75.1 Å². The van der Waals surface area contributed by atoms with Crippen LogP contribution in [0.15, 0.2) is 6.33 Å². The molecule has 1 fully saturated rings. The first-order chi connectivity index (χ1) is 9.75. The molecule has 0 saturated heterocycles. The number of carboxylic acid groups (broad SMARTS) is 1. The summed E-state index contributed by atoms with van der Waals surface area (Å²) in [4.78, 5) is 19.4. The lowest BCUT2D eigenvalue weighted by Gasteiger charge is -2.21. The normalized spacial score (nSPS) is 17.0.